The largest absolute Gasteiger partial charge is 0.464 e. The highest BCUT2D eigenvalue weighted by molar-refractivity contribution is 8.02. The third kappa shape index (κ3) is 10.7. The molecule has 2 aliphatic rings. The lowest BCUT2D eigenvalue weighted by molar-refractivity contribution is -0.154. The van der Waals surface area contributed by atoms with E-state index in [0.717, 1.165) is 33.0 Å². The fourth-order valence-corrected chi connectivity index (χ4v) is 11.4. The van der Waals surface area contributed by atoms with Crippen LogP contribution in [0, 0.1) is 0 Å². The summed E-state index contributed by atoms with van der Waals surface area (Å²) in [5.41, 5.74) is 1.79. The molecule has 9 rings (SSSR count). The monoisotopic (exact) mass is 1050 g/mol. The van der Waals surface area contributed by atoms with Crippen LogP contribution < -0.4 is 21.8 Å². The minimum atomic E-state index is -1.11. The number of rotatable bonds is 19. The number of carbonyl (C=O) groups is 4. The number of hydrogen-bond donors (Lipinski definition) is 3. The van der Waals surface area contributed by atoms with Gasteiger partial charge in [0.05, 0.1) is 6.54 Å². The summed E-state index contributed by atoms with van der Waals surface area (Å²) in [4.78, 5) is 91.4. The van der Waals surface area contributed by atoms with Gasteiger partial charge in [0, 0.05) is 18.1 Å². The van der Waals surface area contributed by atoms with E-state index in [-0.39, 0.29) is 41.2 Å². The molecule has 4 heterocycles. The van der Waals surface area contributed by atoms with Gasteiger partial charge < -0.3 is 24.9 Å². The minimum Gasteiger partial charge on any atom is -0.464 e. The summed E-state index contributed by atoms with van der Waals surface area (Å²) in [6.45, 7) is 0.892. The van der Waals surface area contributed by atoms with Gasteiger partial charge in [-0.15, -0.1) is 28.2 Å². The average Bonchev–Trinajstić information content (AvgIpc) is 3.91. The molecule has 2 amide bonds. The van der Waals surface area contributed by atoms with Crippen molar-refractivity contribution in [1.82, 2.24) is 30.0 Å². The Morgan fingerprint density at radius 3 is 1.97 bits per heavy atom. The maximum absolute atomic E-state index is 14.7. The quantitative estimate of drug-likeness (QED) is 0.0142. The number of benzene rings is 5. The van der Waals surface area contributed by atoms with Gasteiger partial charge in [-0.05, 0) is 44.9 Å². The molecule has 2 aliphatic heterocycles. The summed E-state index contributed by atoms with van der Waals surface area (Å²) in [6, 6.07) is 47.2. The molecule has 17 nitrogen and oxygen atoms in total. The Labute approximate surface area is 436 Å². The normalized spacial score (nSPS) is 15.6. The van der Waals surface area contributed by atoms with Crippen molar-refractivity contribution in [3.8, 4) is 0 Å². The molecule has 0 aliphatic carbocycles. The predicted molar refractivity (Wildman–Crippen MR) is 282 cm³/mol. The van der Waals surface area contributed by atoms with Crippen LogP contribution in [0.25, 0.3) is 0 Å². The summed E-state index contributed by atoms with van der Waals surface area (Å²) in [7, 11) is 1.31. The Kier molecular flexibility index (Phi) is 15.8. The lowest BCUT2D eigenvalue weighted by Gasteiger charge is -2.49. The van der Waals surface area contributed by atoms with Gasteiger partial charge in [-0.3, -0.25) is 33.4 Å². The van der Waals surface area contributed by atoms with Crippen LogP contribution in [0.2, 0.25) is 0 Å². The summed E-state index contributed by atoms with van der Waals surface area (Å²) in [5.74, 6) is -2.52. The van der Waals surface area contributed by atoms with E-state index in [0.29, 0.717) is 21.8 Å². The first-order valence-electron chi connectivity index (χ1n) is 23.0. The minimum absolute atomic E-state index is 0.0561. The van der Waals surface area contributed by atoms with Crippen molar-refractivity contribution in [2.75, 3.05) is 24.8 Å². The SMILES string of the molecule is CON=C(C(=O)NC1C(=O)N2C(C(=O)OC(c3ccccc3)c3ccccc3)=C(C=CSc3n[nH]c(=O)c(=O)n3CCOC(C)=O)CSC12)c1csc(NC(c2ccccc2)(c2ccccc2)c2ccccc2)n1. The van der Waals surface area contributed by atoms with Gasteiger partial charge >= 0.3 is 23.1 Å². The van der Waals surface area contributed by atoms with Gasteiger partial charge in [0.25, 0.3) is 11.8 Å². The van der Waals surface area contributed by atoms with Crippen molar-refractivity contribution >= 4 is 69.5 Å². The van der Waals surface area contributed by atoms with E-state index in [1.807, 2.05) is 152 Å². The van der Waals surface area contributed by atoms with E-state index in [4.69, 9.17) is 19.3 Å². The van der Waals surface area contributed by atoms with Crippen LogP contribution in [-0.4, -0.2) is 85.0 Å². The number of aromatic amines is 1. The highest BCUT2D eigenvalue weighted by atomic mass is 32.2. The third-order valence-corrected chi connectivity index (χ3v) is 14.8. The van der Waals surface area contributed by atoms with Gasteiger partial charge in [0.1, 0.15) is 42.1 Å². The van der Waals surface area contributed by atoms with Crippen LogP contribution in [-0.2, 0) is 45.6 Å². The van der Waals surface area contributed by atoms with Crippen LogP contribution in [0.4, 0.5) is 5.13 Å². The van der Waals surface area contributed by atoms with Crippen molar-refractivity contribution < 1.29 is 33.5 Å². The third-order valence-electron chi connectivity index (χ3n) is 12.0. The number of anilines is 1. The van der Waals surface area contributed by atoms with E-state index in [2.05, 4.69) is 26.0 Å². The zero-order valence-electron chi connectivity index (χ0n) is 39.7. The smallest absolute Gasteiger partial charge is 0.356 e. The van der Waals surface area contributed by atoms with Gasteiger partial charge in [-0.25, -0.2) is 14.9 Å². The highest BCUT2D eigenvalue weighted by Gasteiger charge is 2.55. The number of H-pyrrole nitrogens is 1. The number of nitrogens with zero attached hydrogens (tertiary/aromatic N) is 5. The van der Waals surface area contributed by atoms with E-state index < -0.39 is 57.9 Å². The second kappa shape index (κ2) is 23.0. The zero-order chi connectivity index (χ0) is 51.6. The van der Waals surface area contributed by atoms with Crippen LogP contribution in [0.15, 0.2) is 200 Å². The molecule has 20 heteroatoms. The number of esters is 2. The van der Waals surface area contributed by atoms with Gasteiger partial charge in [0.2, 0.25) is 0 Å². The number of ether oxygens (including phenoxy) is 2. The molecule has 0 saturated carbocycles. The Hall–Kier alpha value is -8.33. The van der Waals surface area contributed by atoms with Crippen molar-refractivity contribution in [2.24, 2.45) is 5.16 Å². The number of hydrogen-bond acceptors (Lipinski definition) is 16. The predicted octanol–water partition coefficient (Wildman–Crippen LogP) is 7.00. The molecule has 74 heavy (non-hydrogen) atoms. The fraction of sp³-hybridized carbons (Fsp3) is 0.167. The maximum Gasteiger partial charge on any atom is 0.356 e. The van der Waals surface area contributed by atoms with E-state index >= 15 is 0 Å². The molecule has 3 N–H and O–H groups in total. The highest BCUT2D eigenvalue weighted by Crippen LogP contribution is 2.43. The standard InChI is InChI=1S/C54H46N8O9S3/c1-34(63)70-30-29-61-49(67)47(65)58-59-53(61)72-31-28-37-32-73-50-43(48(66)62(50)44(37)51(68)71-45(35-18-8-3-9-19-35)36-20-10-4-11-21-36)56-46(64)42(60-69-2)41-33-74-52(55-41)57-54(38-22-12-5-13-23-38,39-24-14-6-15-25-39)40-26-16-7-17-27-40/h3-28,31,33,43,45,50H,29-30,32H2,1-2H3,(H,55,57)(H,56,64)(H,58,65). The van der Waals surface area contributed by atoms with Crippen LogP contribution in [0.3, 0.4) is 0 Å². The number of amides is 2. The molecule has 0 spiro atoms. The van der Waals surface area contributed by atoms with Crippen molar-refractivity contribution in [3.05, 3.63) is 234 Å². The molecule has 1 fully saturated rings. The Morgan fingerprint density at radius 1 is 0.851 bits per heavy atom. The second-order valence-electron chi connectivity index (χ2n) is 16.5. The Balaban J connectivity index is 1.000. The van der Waals surface area contributed by atoms with Crippen LogP contribution >= 0.6 is 34.9 Å². The molecule has 0 radical (unpaired) electrons. The summed E-state index contributed by atoms with van der Waals surface area (Å²) >= 11 is 3.52. The average molecular weight is 1050 g/mol. The first-order chi connectivity index (χ1) is 36.1. The number of β-lactam (4-membered cyclic amide) rings is 1. The number of carbonyl (C=O) groups excluding carboxylic acids is 4. The molecule has 2 atom stereocenters. The lowest BCUT2D eigenvalue weighted by atomic mass is 9.77. The fourth-order valence-electron chi connectivity index (χ4n) is 8.55. The topological polar surface area (TPSA) is 216 Å². The molecular formula is C54H46N8O9S3. The number of aromatic nitrogens is 4. The number of fused-ring (bicyclic) bond motifs is 1. The van der Waals surface area contributed by atoms with Crippen molar-refractivity contribution in [2.45, 2.75) is 41.7 Å². The number of nitrogens with one attached hydrogen (secondary N) is 3. The molecule has 2 aromatic heterocycles. The maximum atomic E-state index is 14.7. The number of allylic oxidation sites excluding steroid dienone is 1. The molecule has 7 aromatic rings. The first-order valence-corrected chi connectivity index (χ1v) is 25.9. The van der Waals surface area contributed by atoms with Crippen LogP contribution in [0.1, 0.15) is 46.5 Å². The Bertz CT molecular complexity index is 3240. The Morgan fingerprint density at radius 2 is 1.42 bits per heavy atom. The molecule has 5 aromatic carbocycles. The van der Waals surface area contributed by atoms with Crippen molar-refractivity contribution in [3.63, 3.8) is 0 Å². The van der Waals surface area contributed by atoms with Crippen LogP contribution in [0.5, 0.6) is 0 Å². The molecule has 2 unspecified atom stereocenters. The zero-order valence-corrected chi connectivity index (χ0v) is 42.1. The number of thioether (sulfide) groups is 2. The number of oxime groups is 1. The van der Waals surface area contributed by atoms with E-state index in [1.54, 1.807) is 16.9 Å². The second-order valence-corrected chi connectivity index (χ2v) is 19.4. The molecular weight excluding hydrogens is 1000 g/mol. The van der Waals surface area contributed by atoms with E-state index in [9.17, 15) is 28.8 Å². The molecule has 374 valence electrons. The summed E-state index contributed by atoms with van der Waals surface area (Å²) < 4.78 is 12.4. The molecule has 0 bridgehead atoms. The first kappa shape index (κ1) is 50.6. The number of thiazole rings is 1. The van der Waals surface area contributed by atoms with Crippen molar-refractivity contribution in [1.29, 1.82) is 0 Å². The summed E-state index contributed by atoms with van der Waals surface area (Å²) in [6.07, 6.45) is 0.730. The summed E-state index contributed by atoms with van der Waals surface area (Å²) in [5, 5.41) is 19.9. The van der Waals surface area contributed by atoms with Gasteiger partial charge in [0.15, 0.2) is 22.1 Å². The van der Waals surface area contributed by atoms with Gasteiger partial charge in [-0.1, -0.05) is 169 Å². The van der Waals surface area contributed by atoms with E-state index in [1.165, 1.54) is 42.0 Å². The lowest BCUT2D eigenvalue weighted by Crippen LogP contribution is -2.71. The van der Waals surface area contributed by atoms with Gasteiger partial charge in [-0.2, -0.15) is 0 Å². The molecule has 1 saturated heterocycles.